The summed E-state index contributed by atoms with van der Waals surface area (Å²) in [7, 11) is 3.07. The summed E-state index contributed by atoms with van der Waals surface area (Å²) < 4.78 is 10.5. The SMILES string of the molecule is COc1ccc(C(=O)Nc2ccc(SCC(=O)Nc3nc(-c4cccs4)cs3)cc2)cc1OC. The fourth-order valence-electron chi connectivity index (χ4n) is 2.99. The number of carbonyl (C=O) groups is 2. The number of benzene rings is 2. The molecule has 2 heterocycles. The van der Waals surface area contributed by atoms with E-state index < -0.39 is 0 Å². The van der Waals surface area contributed by atoms with Crippen molar-refractivity contribution < 1.29 is 19.1 Å². The Morgan fingerprint density at radius 2 is 1.76 bits per heavy atom. The molecule has 34 heavy (non-hydrogen) atoms. The average Bonchev–Trinajstić information content (AvgIpc) is 3.55. The molecule has 2 aromatic carbocycles. The smallest absolute Gasteiger partial charge is 0.255 e. The van der Waals surface area contributed by atoms with Gasteiger partial charge in [0.05, 0.1) is 30.5 Å². The molecular formula is C24H21N3O4S3. The van der Waals surface area contributed by atoms with Crippen molar-refractivity contribution in [3.05, 3.63) is 70.9 Å². The predicted molar refractivity (Wildman–Crippen MR) is 139 cm³/mol. The van der Waals surface area contributed by atoms with Gasteiger partial charge in [-0.25, -0.2) is 4.98 Å². The van der Waals surface area contributed by atoms with Crippen LogP contribution in [-0.2, 0) is 4.79 Å². The maximum atomic E-state index is 12.6. The number of rotatable bonds is 9. The Kier molecular flexibility index (Phi) is 7.84. The first-order valence-corrected chi connectivity index (χ1v) is 12.9. The molecule has 2 aromatic heterocycles. The highest BCUT2D eigenvalue weighted by atomic mass is 32.2. The Morgan fingerprint density at radius 3 is 2.47 bits per heavy atom. The van der Waals surface area contributed by atoms with Gasteiger partial charge in [-0.2, -0.15) is 0 Å². The van der Waals surface area contributed by atoms with Gasteiger partial charge in [-0.1, -0.05) is 6.07 Å². The molecule has 4 rings (SSSR count). The van der Waals surface area contributed by atoms with Crippen molar-refractivity contribution in [2.24, 2.45) is 0 Å². The number of ether oxygens (including phenoxy) is 2. The molecule has 0 saturated carbocycles. The second kappa shape index (κ2) is 11.2. The van der Waals surface area contributed by atoms with Gasteiger partial charge in [0.25, 0.3) is 5.91 Å². The third-order valence-electron chi connectivity index (χ3n) is 4.65. The van der Waals surface area contributed by atoms with Crippen LogP contribution in [0.2, 0.25) is 0 Å². The van der Waals surface area contributed by atoms with Gasteiger partial charge in [0.2, 0.25) is 5.91 Å². The van der Waals surface area contributed by atoms with Crippen molar-refractivity contribution in [3.63, 3.8) is 0 Å². The Hall–Kier alpha value is -3.34. The minimum Gasteiger partial charge on any atom is -0.493 e. The van der Waals surface area contributed by atoms with E-state index in [1.807, 2.05) is 35.0 Å². The summed E-state index contributed by atoms with van der Waals surface area (Å²) in [5.74, 6) is 0.919. The molecule has 0 aliphatic heterocycles. The third-order valence-corrected chi connectivity index (χ3v) is 7.31. The summed E-state index contributed by atoms with van der Waals surface area (Å²) in [4.78, 5) is 31.3. The molecule has 7 nitrogen and oxygen atoms in total. The second-order valence-corrected chi connectivity index (χ2v) is 9.75. The third kappa shape index (κ3) is 5.96. The summed E-state index contributed by atoms with van der Waals surface area (Å²) in [5, 5.41) is 10.2. The Labute approximate surface area is 209 Å². The van der Waals surface area contributed by atoms with E-state index in [4.69, 9.17) is 9.47 Å². The van der Waals surface area contributed by atoms with Crippen molar-refractivity contribution in [2.75, 3.05) is 30.6 Å². The Bertz CT molecular complexity index is 1270. The molecule has 0 aliphatic carbocycles. The minimum atomic E-state index is -0.258. The number of hydrogen-bond acceptors (Lipinski definition) is 8. The van der Waals surface area contributed by atoms with Crippen LogP contribution in [0.4, 0.5) is 10.8 Å². The fourth-order valence-corrected chi connectivity index (χ4v) is 5.17. The first kappa shape index (κ1) is 23.8. The summed E-state index contributed by atoms with van der Waals surface area (Å²) >= 11 is 4.43. The molecule has 0 spiro atoms. The van der Waals surface area contributed by atoms with E-state index >= 15 is 0 Å². The molecular weight excluding hydrogens is 490 g/mol. The lowest BCUT2D eigenvalue weighted by molar-refractivity contribution is -0.113. The molecule has 2 amide bonds. The highest BCUT2D eigenvalue weighted by molar-refractivity contribution is 8.00. The molecule has 0 aliphatic rings. The Morgan fingerprint density at radius 1 is 0.971 bits per heavy atom. The van der Waals surface area contributed by atoms with E-state index in [0.717, 1.165) is 15.5 Å². The summed E-state index contributed by atoms with van der Waals surface area (Å²) in [6.45, 7) is 0. The number of nitrogens with zero attached hydrogens (tertiary/aromatic N) is 1. The average molecular weight is 512 g/mol. The van der Waals surface area contributed by atoms with E-state index in [1.165, 1.54) is 30.2 Å². The normalized spacial score (nSPS) is 10.5. The standard InChI is InChI=1S/C24H21N3O4S3/c1-30-19-10-5-15(12-20(19)31-2)23(29)25-16-6-8-17(9-7-16)33-14-22(28)27-24-26-18(13-34-24)21-4-3-11-32-21/h3-13H,14H2,1-2H3,(H,25,29)(H,26,27,28). The van der Waals surface area contributed by atoms with Gasteiger partial charge in [0.15, 0.2) is 16.6 Å². The lowest BCUT2D eigenvalue weighted by atomic mass is 10.2. The lowest BCUT2D eigenvalue weighted by Crippen LogP contribution is -2.13. The molecule has 0 radical (unpaired) electrons. The van der Waals surface area contributed by atoms with Crippen molar-refractivity contribution in [3.8, 4) is 22.1 Å². The number of thiazole rings is 1. The van der Waals surface area contributed by atoms with Gasteiger partial charge in [0, 0.05) is 21.5 Å². The molecule has 4 aromatic rings. The van der Waals surface area contributed by atoms with E-state index in [2.05, 4.69) is 15.6 Å². The van der Waals surface area contributed by atoms with Crippen LogP contribution < -0.4 is 20.1 Å². The number of thiophene rings is 1. The summed E-state index contributed by atoms with van der Waals surface area (Å²) in [6.07, 6.45) is 0. The number of amides is 2. The number of anilines is 2. The van der Waals surface area contributed by atoms with Crippen LogP contribution in [0, 0.1) is 0 Å². The van der Waals surface area contributed by atoms with E-state index in [9.17, 15) is 9.59 Å². The molecule has 0 atom stereocenters. The fraction of sp³-hybridized carbons (Fsp3) is 0.125. The minimum absolute atomic E-state index is 0.122. The summed E-state index contributed by atoms with van der Waals surface area (Å²) in [6, 6.07) is 16.3. The first-order valence-electron chi connectivity index (χ1n) is 10.1. The highest BCUT2D eigenvalue weighted by Gasteiger charge is 2.12. The predicted octanol–water partition coefficient (Wildman–Crippen LogP) is 5.87. The molecule has 0 saturated heterocycles. The maximum absolute atomic E-state index is 12.6. The van der Waals surface area contributed by atoms with Crippen molar-refractivity contribution in [1.29, 1.82) is 0 Å². The van der Waals surface area contributed by atoms with Crippen LogP contribution in [0.25, 0.3) is 10.6 Å². The van der Waals surface area contributed by atoms with Gasteiger partial charge in [-0.05, 0) is 53.9 Å². The van der Waals surface area contributed by atoms with Crippen LogP contribution in [-0.4, -0.2) is 36.8 Å². The molecule has 0 unspecified atom stereocenters. The van der Waals surface area contributed by atoms with E-state index in [1.54, 1.807) is 48.8 Å². The van der Waals surface area contributed by atoms with E-state index in [0.29, 0.717) is 27.9 Å². The van der Waals surface area contributed by atoms with Gasteiger partial charge in [0.1, 0.15) is 0 Å². The lowest BCUT2D eigenvalue weighted by Gasteiger charge is -2.10. The number of nitrogens with one attached hydrogen (secondary N) is 2. The zero-order valence-corrected chi connectivity index (χ0v) is 20.8. The van der Waals surface area contributed by atoms with Gasteiger partial charge >= 0.3 is 0 Å². The molecule has 0 bridgehead atoms. The molecule has 10 heteroatoms. The van der Waals surface area contributed by atoms with Gasteiger partial charge in [-0.3, -0.25) is 9.59 Å². The van der Waals surface area contributed by atoms with Crippen LogP contribution in [0.1, 0.15) is 10.4 Å². The Balaban J connectivity index is 1.28. The van der Waals surface area contributed by atoms with Crippen LogP contribution >= 0.6 is 34.4 Å². The van der Waals surface area contributed by atoms with Gasteiger partial charge in [-0.15, -0.1) is 34.4 Å². The number of carbonyl (C=O) groups excluding carboxylic acids is 2. The topological polar surface area (TPSA) is 89.5 Å². The zero-order valence-electron chi connectivity index (χ0n) is 18.4. The zero-order chi connectivity index (χ0) is 23.9. The van der Waals surface area contributed by atoms with Crippen LogP contribution in [0.15, 0.2) is 70.3 Å². The quantitative estimate of drug-likeness (QED) is 0.273. The largest absolute Gasteiger partial charge is 0.493 e. The molecule has 2 N–H and O–H groups in total. The van der Waals surface area contributed by atoms with E-state index in [-0.39, 0.29) is 17.6 Å². The van der Waals surface area contributed by atoms with Crippen molar-refractivity contribution in [2.45, 2.75) is 4.90 Å². The number of methoxy groups -OCH3 is 2. The highest BCUT2D eigenvalue weighted by Crippen LogP contribution is 2.29. The van der Waals surface area contributed by atoms with Crippen molar-refractivity contribution >= 4 is 57.1 Å². The molecule has 174 valence electrons. The monoisotopic (exact) mass is 511 g/mol. The maximum Gasteiger partial charge on any atom is 0.255 e. The van der Waals surface area contributed by atoms with Crippen LogP contribution in [0.3, 0.4) is 0 Å². The van der Waals surface area contributed by atoms with Crippen molar-refractivity contribution in [1.82, 2.24) is 4.98 Å². The number of hydrogen-bond donors (Lipinski definition) is 2. The summed E-state index contributed by atoms with van der Waals surface area (Å²) in [5.41, 5.74) is 1.98. The number of aromatic nitrogens is 1. The van der Waals surface area contributed by atoms with Crippen LogP contribution in [0.5, 0.6) is 11.5 Å². The second-order valence-electron chi connectivity index (χ2n) is 6.90. The van der Waals surface area contributed by atoms with Gasteiger partial charge < -0.3 is 20.1 Å². The number of thioether (sulfide) groups is 1. The molecule has 0 fully saturated rings. The first-order chi connectivity index (χ1) is 16.6.